The predicted molar refractivity (Wildman–Crippen MR) is 159 cm³/mol. The molecule has 3 heterocycles. The second-order valence-electron chi connectivity index (χ2n) is 10.5. The van der Waals surface area contributed by atoms with Gasteiger partial charge in [-0.05, 0) is 99.9 Å². The predicted octanol–water partition coefficient (Wildman–Crippen LogP) is 6.75. The summed E-state index contributed by atoms with van der Waals surface area (Å²) in [7, 11) is 0. The van der Waals surface area contributed by atoms with Crippen LogP contribution in [0.5, 0.6) is 11.5 Å². The van der Waals surface area contributed by atoms with E-state index in [1.807, 2.05) is 48.5 Å². The molecule has 2 fully saturated rings. The summed E-state index contributed by atoms with van der Waals surface area (Å²) in [6.45, 7) is 7.99. The molecule has 0 N–H and O–H groups in total. The molecule has 0 unspecified atom stereocenters. The Hall–Kier alpha value is -3.19. The number of fused-ring (bicyclic) bond motifs is 1. The topological polar surface area (TPSA) is 42.0 Å². The summed E-state index contributed by atoms with van der Waals surface area (Å²) < 4.78 is 13.1. The Kier molecular flexibility index (Phi) is 8.24. The number of ether oxygens (including phenoxy) is 2. The first kappa shape index (κ1) is 26.1. The number of thiophene rings is 1. The van der Waals surface area contributed by atoms with Gasteiger partial charge in [-0.25, -0.2) is 0 Å². The molecule has 39 heavy (non-hydrogen) atoms. The lowest BCUT2D eigenvalue weighted by atomic mass is 9.98. The molecule has 1 aromatic heterocycles. The van der Waals surface area contributed by atoms with E-state index in [4.69, 9.17) is 9.47 Å². The molecular formula is C33H36N2O3S. The number of hydrogen-bond acceptors (Lipinski definition) is 6. The molecular weight excluding hydrogens is 504 g/mol. The summed E-state index contributed by atoms with van der Waals surface area (Å²) in [5.74, 6) is 1.72. The third-order valence-corrected chi connectivity index (χ3v) is 8.98. The van der Waals surface area contributed by atoms with Gasteiger partial charge in [0.1, 0.15) is 24.7 Å². The maximum atomic E-state index is 13.8. The van der Waals surface area contributed by atoms with Crippen LogP contribution in [0.2, 0.25) is 0 Å². The molecule has 0 aliphatic carbocycles. The van der Waals surface area contributed by atoms with Crippen molar-refractivity contribution in [2.45, 2.75) is 25.7 Å². The highest BCUT2D eigenvalue weighted by molar-refractivity contribution is 7.21. The van der Waals surface area contributed by atoms with Crippen molar-refractivity contribution in [2.75, 3.05) is 52.5 Å². The van der Waals surface area contributed by atoms with Gasteiger partial charge in [-0.15, -0.1) is 11.3 Å². The third-order valence-electron chi connectivity index (χ3n) is 7.81. The smallest absolute Gasteiger partial charge is 0.203 e. The molecule has 0 bridgehead atoms. The third kappa shape index (κ3) is 6.19. The number of hydrogen-bond donors (Lipinski definition) is 0. The van der Waals surface area contributed by atoms with Gasteiger partial charge in [0.05, 0.1) is 4.88 Å². The molecule has 0 amide bonds. The van der Waals surface area contributed by atoms with E-state index in [0.717, 1.165) is 50.7 Å². The summed E-state index contributed by atoms with van der Waals surface area (Å²) in [4.78, 5) is 19.4. The summed E-state index contributed by atoms with van der Waals surface area (Å²) in [6, 6.07) is 24.1. The summed E-state index contributed by atoms with van der Waals surface area (Å²) in [6.07, 6.45) is 5.16. The van der Waals surface area contributed by atoms with Gasteiger partial charge in [-0.2, -0.15) is 0 Å². The van der Waals surface area contributed by atoms with Crippen LogP contribution in [0.4, 0.5) is 0 Å². The number of ketones is 1. The van der Waals surface area contributed by atoms with E-state index < -0.39 is 0 Å². The number of rotatable bonds is 11. The number of nitrogens with zero attached hydrogens (tertiary/aromatic N) is 2. The van der Waals surface area contributed by atoms with Gasteiger partial charge in [0, 0.05) is 34.3 Å². The second kappa shape index (κ2) is 12.3. The van der Waals surface area contributed by atoms with Crippen LogP contribution in [-0.4, -0.2) is 68.1 Å². The first-order valence-electron chi connectivity index (χ1n) is 14.2. The zero-order chi connectivity index (χ0) is 26.4. The zero-order valence-corrected chi connectivity index (χ0v) is 23.3. The molecule has 0 atom stereocenters. The van der Waals surface area contributed by atoms with Gasteiger partial charge in [-0.3, -0.25) is 14.6 Å². The minimum absolute atomic E-state index is 0.0424. The van der Waals surface area contributed by atoms with E-state index in [0.29, 0.717) is 18.8 Å². The van der Waals surface area contributed by atoms with Crippen molar-refractivity contribution in [1.29, 1.82) is 0 Å². The van der Waals surface area contributed by atoms with E-state index >= 15 is 0 Å². The highest BCUT2D eigenvalue weighted by atomic mass is 32.1. The fraction of sp³-hybridized carbons (Fsp3) is 0.364. The summed E-state index contributed by atoms with van der Waals surface area (Å²) >= 11 is 1.56. The van der Waals surface area contributed by atoms with Crippen LogP contribution in [-0.2, 0) is 0 Å². The molecule has 6 heteroatoms. The van der Waals surface area contributed by atoms with Crippen LogP contribution in [0.15, 0.2) is 72.8 Å². The van der Waals surface area contributed by atoms with E-state index in [1.165, 1.54) is 51.9 Å². The van der Waals surface area contributed by atoms with Gasteiger partial charge in [-0.1, -0.05) is 30.3 Å². The highest BCUT2D eigenvalue weighted by Gasteiger charge is 2.21. The number of carbonyl (C=O) groups excluding carboxylic acids is 1. The number of likely N-dealkylation sites (tertiary alicyclic amines) is 2. The molecule has 4 aromatic rings. The Bertz CT molecular complexity index is 1390. The fourth-order valence-electron chi connectivity index (χ4n) is 5.64. The lowest BCUT2D eigenvalue weighted by Crippen LogP contribution is -2.25. The lowest BCUT2D eigenvalue weighted by Gasteiger charge is -2.15. The molecule has 3 aromatic carbocycles. The number of benzene rings is 3. The summed E-state index contributed by atoms with van der Waals surface area (Å²) in [5.41, 5.74) is 2.70. The van der Waals surface area contributed by atoms with Gasteiger partial charge in [0.15, 0.2) is 0 Å². The second-order valence-corrected chi connectivity index (χ2v) is 11.5. The SMILES string of the molecule is O=C(c1ccc(OCCN2CCCC2)cc1)c1sc2ccccc2c1-c1ccc(OCCN2CCCC2)cc1. The van der Waals surface area contributed by atoms with E-state index in [-0.39, 0.29) is 5.78 Å². The van der Waals surface area contributed by atoms with Crippen LogP contribution >= 0.6 is 11.3 Å². The van der Waals surface area contributed by atoms with Crippen LogP contribution in [0, 0.1) is 0 Å². The molecule has 6 rings (SSSR count). The average Bonchev–Trinajstić information content (AvgIpc) is 3.75. The van der Waals surface area contributed by atoms with Gasteiger partial charge >= 0.3 is 0 Å². The van der Waals surface area contributed by atoms with Crippen molar-refractivity contribution >= 4 is 27.2 Å². The molecule has 2 aliphatic rings. The minimum Gasteiger partial charge on any atom is -0.492 e. The first-order chi connectivity index (χ1) is 19.2. The Morgan fingerprint density at radius 1 is 0.692 bits per heavy atom. The molecule has 0 spiro atoms. The molecule has 0 radical (unpaired) electrons. The summed E-state index contributed by atoms with van der Waals surface area (Å²) in [5, 5.41) is 1.11. The quantitative estimate of drug-likeness (QED) is 0.197. The fourth-order valence-corrected chi connectivity index (χ4v) is 6.83. The molecule has 2 saturated heterocycles. The Labute approximate surface area is 235 Å². The average molecular weight is 541 g/mol. The normalized spacial score (nSPS) is 16.2. The Balaban J connectivity index is 1.17. The van der Waals surface area contributed by atoms with Crippen LogP contribution in [0.1, 0.15) is 40.9 Å². The van der Waals surface area contributed by atoms with Crippen LogP contribution < -0.4 is 9.47 Å². The van der Waals surface area contributed by atoms with Crippen molar-refractivity contribution in [3.8, 4) is 22.6 Å². The van der Waals surface area contributed by atoms with Crippen molar-refractivity contribution in [3.05, 3.63) is 83.2 Å². The maximum absolute atomic E-state index is 13.8. The van der Waals surface area contributed by atoms with E-state index in [2.05, 4.69) is 34.1 Å². The molecule has 202 valence electrons. The van der Waals surface area contributed by atoms with Crippen molar-refractivity contribution in [3.63, 3.8) is 0 Å². The lowest BCUT2D eigenvalue weighted by molar-refractivity contribution is 0.104. The van der Waals surface area contributed by atoms with Gasteiger partial charge in [0.2, 0.25) is 5.78 Å². The monoisotopic (exact) mass is 540 g/mol. The van der Waals surface area contributed by atoms with Gasteiger partial charge < -0.3 is 9.47 Å². The van der Waals surface area contributed by atoms with E-state index in [9.17, 15) is 4.79 Å². The maximum Gasteiger partial charge on any atom is 0.203 e. The highest BCUT2D eigenvalue weighted by Crippen LogP contribution is 2.40. The van der Waals surface area contributed by atoms with E-state index in [1.54, 1.807) is 11.3 Å². The Morgan fingerprint density at radius 2 is 1.23 bits per heavy atom. The van der Waals surface area contributed by atoms with Gasteiger partial charge in [0.25, 0.3) is 0 Å². The number of carbonyl (C=O) groups is 1. The zero-order valence-electron chi connectivity index (χ0n) is 22.4. The minimum atomic E-state index is 0.0424. The molecule has 0 saturated carbocycles. The van der Waals surface area contributed by atoms with Crippen LogP contribution in [0.25, 0.3) is 21.2 Å². The van der Waals surface area contributed by atoms with Crippen molar-refractivity contribution in [1.82, 2.24) is 9.80 Å². The van der Waals surface area contributed by atoms with Crippen molar-refractivity contribution < 1.29 is 14.3 Å². The first-order valence-corrected chi connectivity index (χ1v) is 15.0. The standard InChI is InChI=1S/C33H36N2O3S/c36-32(26-11-15-28(16-12-26)38-24-22-35-19-5-6-20-35)33-31(29-7-1-2-8-30(29)39-33)25-9-13-27(14-10-25)37-23-21-34-17-3-4-18-34/h1-2,7-16H,3-6,17-24H2. The van der Waals surface area contributed by atoms with Crippen molar-refractivity contribution in [2.24, 2.45) is 0 Å². The molecule has 5 nitrogen and oxygen atoms in total. The van der Waals surface area contributed by atoms with Crippen LogP contribution in [0.3, 0.4) is 0 Å². The largest absolute Gasteiger partial charge is 0.492 e. The molecule has 2 aliphatic heterocycles. The Morgan fingerprint density at radius 3 is 1.82 bits per heavy atom.